The first-order chi connectivity index (χ1) is 8.17. The quantitative estimate of drug-likeness (QED) is 0.618. The molecule has 0 unspecified atom stereocenters. The van der Waals surface area contributed by atoms with Crippen molar-refractivity contribution < 1.29 is 9.59 Å². The summed E-state index contributed by atoms with van der Waals surface area (Å²) in [5.41, 5.74) is 1.97. The second kappa shape index (κ2) is 6.21. The highest BCUT2D eigenvalue weighted by Gasteiger charge is 2.04. The second-order valence-corrected chi connectivity index (χ2v) is 3.42. The van der Waals surface area contributed by atoms with Crippen LogP contribution < -0.4 is 5.32 Å². The minimum Gasteiger partial charge on any atom is -0.352 e. The number of aliphatic imine (C=N–C) groups is 1. The lowest BCUT2D eigenvalue weighted by Gasteiger charge is -2.06. The van der Waals surface area contributed by atoms with Gasteiger partial charge in [0.05, 0.1) is 18.2 Å². The highest BCUT2D eigenvalue weighted by molar-refractivity contribution is 5.72. The Hall–Kier alpha value is -2.44. The first-order valence-corrected chi connectivity index (χ1v) is 4.97. The predicted octanol–water partition coefficient (Wildman–Crippen LogP) is 1.03. The molecule has 1 amide bonds. The van der Waals surface area contributed by atoms with Crippen molar-refractivity contribution in [3.05, 3.63) is 34.9 Å². The van der Waals surface area contributed by atoms with Gasteiger partial charge in [0.25, 0.3) is 0 Å². The molecule has 17 heavy (non-hydrogen) atoms. The number of nitrogens with zero attached hydrogens (tertiary/aromatic N) is 2. The third-order valence-corrected chi connectivity index (χ3v) is 2.15. The van der Waals surface area contributed by atoms with Crippen LogP contribution in [0.5, 0.6) is 0 Å². The van der Waals surface area contributed by atoms with Crippen molar-refractivity contribution in [3.8, 4) is 6.07 Å². The molecule has 0 fully saturated rings. The van der Waals surface area contributed by atoms with Gasteiger partial charge in [-0.25, -0.2) is 9.79 Å². The topological polar surface area (TPSA) is 82.3 Å². The van der Waals surface area contributed by atoms with Gasteiger partial charge in [-0.2, -0.15) is 5.26 Å². The molecule has 1 aromatic rings. The van der Waals surface area contributed by atoms with Crippen LogP contribution in [0.15, 0.2) is 23.2 Å². The largest absolute Gasteiger partial charge is 0.352 e. The van der Waals surface area contributed by atoms with Crippen molar-refractivity contribution >= 4 is 12.0 Å². The summed E-state index contributed by atoms with van der Waals surface area (Å²) in [6, 6.07) is 7.20. The van der Waals surface area contributed by atoms with E-state index in [1.165, 1.54) is 13.0 Å². The fourth-order valence-corrected chi connectivity index (χ4v) is 1.32. The van der Waals surface area contributed by atoms with Crippen LogP contribution in [0, 0.1) is 11.3 Å². The van der Waals surface area contributed by atoms with E-state index >= 15 is 0 Å². The summed E-state index contributed by atoms with van der Waals surface area (Å²) in [6.45, 7) is 1.94. The van der Waals surface area contributed by atoms with Crippen molar-refractivity contribution in [2.45, 2.75) is 20.0 Å². The minimum absolute atomic E-state index is 0.150. The zero-order valence-corrected chi connectivity index (χ0v) is 9.36. The van der Waals surface area contributed by atoms with Gasteiger partial charge in [-0.3, -0.25) is 4.79 Å². The summed E-state index contributed by atoms with van der Waals surface area (Å²) in [5, 5.41) is 11.6. The van der Waals surface area contributed by atoms with Gasteiger partial charge >= 0.3 is 0 Å². The standard InChI is InChI=1S/C12H11N3O2/c1-9(17)15-7-11-3-2-10(6-14-8-16)4-12(11)5-13/h2-4H,6-7H2,1H3,(H,15,17). The molecule has 5 heteroatoms. The normalized spacial score (nSPS) is 8.94. The van der Waals surface area contributed by atoms with Crippen LogP contribution >= 0.6 is 0 Å². The molecule has 86 valence electrons. The van der Waals surface area contributed by atoms with Gasteiger partial charge in [0.15, 0.2) is 0 Å². The van der Waals surface area contributed by atoms with Crippen LogP contribution in [0.3, 0.4) is 0 Å². The number of benzene rings is 1. The molecular formula is C12H11N3O2. The van der Waals surface area contributed by atoms with Crippen molar-refractivity contribution in [3.63, 3.8) is 0 Å². The van der Waals surface area contributed by atoms with Gasteiger partial charge in [0.2, 0.25) is 12.0 Å². The van der Waals surface area contributed by atoms with E-state index in [9.17, 15) is 9.59 Å². The highest BCUT2D eigenvalue weighted by Crippen LogP contribution is 2.12. The second-order valence-electron chi connectivity index (χ2n) is 3.42. The molecule has 1 aromatic carbocycles. The molecule has 0 heterocycles. The van der Waals surface area contributed by atoms with Crippen LogP contribution in [0.4, 0.5) is 0 Å². The lowest BCUT2D eigenvalue weighted by Crippen LogP contribution is -2.19. The summed E-state index contributed by atoms with van der Waals surface area (Å²) in [5.74, 6) is -0.150. The Bertz CT molecular complexity index is 511. The fraction of sp³-hybridized carbons (Fsp3) is 0.250. The van der Waals surface area contributed by atoms with Crippen LogP contribution in [0.1, 0.15) is 23.6 Å². The van der Waals surface area contributed by atoms with E-state index in [0.29, 0.717) is 12.1 Å². The molecule has 0 saturated carbocycles. The summed E-state index contributed by atoms with van der Waals surface area (Å²) in [4.78, 5) is 24.2. The third kappa shape index (κ3) is 3.90. The molecule has 0 atom stereocenters. The van der Waals surface area contributed by atoms with E-state index in [1.54, 1.807) is 18.2 Å². The predicted molar refractivity (Wildman–Crippen MR) is 60.5 cm³/mol. The molecule has 0 aromatic heterocycles. The summed E-state index contributed by atoms with van der Waals surface area (Å²) >= 11 is 0. The first-order valence-electron chi connectivity index (χ1n) is 4.97. The Balaban J connectivity index is 2.89. The molecule has 0 bridgehead atoms. The number of carbonyl (C=O) groups is 1. The van der Waals surface area contributed by atoms with Gasteiger partial charge in [0, 0.05) is 13.5 Å². The van der Waals surface area contributed by atoms with Crippen molar-refractivity contribution in [2.24, 2.45) is 4.99 Å². The Morgan fingerprint density at radius 1 is 1.53 bits per heavy atom. The third-order valence-electron chi connectivity index (χ3n) is 2.15. The maximum Gasteiger partial charge on any atom is 0.235 e. The number of amides is 1. The fourth-order valence-electron chi connectivity index (χ4n) is 1.32. The lowest BCUT2D eigenvalue weighted by atomic mass is 10.0. The van der Waals surface area contributed by atoms with E-state index < -0.39 is 0 Å². The number of isocyanates is 1. The highest BCUT2D eigenvalue weighted by atomic mass is 16.1. The lowest BCUT2D eigenvalue weighted by molar-refractivity contribution is -0.119. The molecule has 0 aliphatic carbocycles. The van der Waals surface area contributed by atoms with Crippen molar-refractivity contribution in [1.82, 2.24) is 5.32 Å². The zero-order chi connectivity index (χ0) is 12.7. The average molecular weight is 229 g/mol. The number of rotatable bonds is 4. The molecule has 0 spiro atoms. The molecule has 5 nitrogen and oxygen atoms in total. The van der Waals surface area contributed by atoms with Crippen molar-refractivity contribution in [2.75, 3.05) is 0 Å². The average Bonchev–Trinajstić information content (AvgIpc) is 2.34. The number of carbonyl (C=O) groups excluding carboxylic acids is 2. The van der Waals surface area contributed by atoms with Crippen LogP contribution in [-0.2, 0) is 22.7 Å². The minimum atomic E-state index is -0.150. The van der Waals surface area contributed by atoms with Crippen LogP contribution in [-0.4, -0.2) is 12.0 Å². The molecule has 1 rings (SSSR count). The van der Waals surface area contributed by atoms with Gasteiger partial charge < -0.3 is 5.32 Å². The van der Waals surface area contributed by atoms with Gasteiger partial charge in [-0.1, -0.05) is 12.1 Å². The van der Waals surface area contributed by atoms with E-state index in [4.69, 9.17) is 5.26 Å². The van der Waals surface area contributed by atoms with Crippen molar-refractivity contribution in [1.29, 1.82) is 5.26 Å². The molecular weight excluding hydrogens is 218 g/mol. The van der Waals surface area contributed by atoms with E-state index in [0.717, 1.165) is 11.1 Å². The molecule has 1 N–H and O–H groups in total. The number of nitrogens with one attached hydrogen (secondary N) is 1. The Morgan fingerprint density at radius 2 is 2.29 bits per heavy atom. The maximum absolute atomic E-state index is 10.8. The molecule has 0 aliphatic heterocycles. The SMILES string of the molecule is CC(=O)NCc1ccc(CN=C=O)cc1C#N. The Labute approximate surface area is 98.8 Å². The molecule has 0 saturated heterocycles. The van der Waals surface area contributed by atoms with E-state index in [-0.39, 0.29) is 12.5 Å². The van der Waals surface area contributed by atoms with E-state index in [1.807, 2.05) is 6.07 Å². The first kappa shape index (κ1) is 12.6. The van der Waals surface area contributed by atoms with Gasteiger partial charge in [-0.05, 0) is 17.2 Å². The number of hydrogen-bond acceptors (Lipinski definition) is 4. The van der Waals surface area contributed by atoms with Crippen LogP contribution in [0.25, 0.3) is 0 Å². The molecule has 0 radical (unpaired) electrons. The number of hydrogen-bond donors (Lipinski definition) is 1. The Kier molecular flexibility index (Phi) is 4.61. The summed E-state index contributed by atoms with van der Waals surface area (Å²) in [7, 11) is 0. The molecule has 0 aliphatic rings. The Morgan fingerprint density at radius 3 is 2.88 bits per heavy atom. The monoisotopic (exact) mass is 229 g/mol. The summed E-state index contributed by atoms with van der Waals surface area (Å²) < 4.78 is 0. The van der Waals surface area contributed by atoms with Gasteiger partial charge in [0.1, 0.15) is 0 Å². The van der Waals surface area contributed by atoms with E-state index in [2.05, 4.69) is 10.3 Å². The zero-order valence-electron chi connectivity index (χ0n) is 9.36. The van der Waals surface area contributed by atoms with Gasteiger partial charge in [-0.15, -0.1) is 0 Å². The smallest absolute Gasteiger partial charge is 0.235 e. The van der Waals surface area contributed by atoms with Crippen LogP contribution in [0.2, 0.25) is 0 Å². The summed E-state index contributed by atoms with van der Waals surface area (Å²) in [6.07, 6.45) is 1.44. The number of nitriles is 1. The maximum atomic E-state index is 10.8.